The highest BCUT2D eigenvalue weighted by Crippen LogP contribution is 2.46. The van der Waals surface area contributed by atoms with Crippen molar-refractivity contribution in [3.63, 3.8) is 0 Å². The Labute approximate surface area is 190 Å². The monoisotopic (exact) mass is 491 g/mol. The maximum atomic E-state index is 14.7. The van der Waals surface area contributed by atoms with Crippen molar-refractivity contribution in [1.82, 2.24) is 14.0 Å². The minimum absolute atomic E-state index is 0.0840. The molecule has 1 saturated heterocycles. The van der Waals surface area contributed by atoms with Crippen LogP contribution in [-0.4, -0.2) is 41.1 Å². The first-order valence-corrected chi connectivity index (χ1v) is 10.9. The van der Waals surface area contributed by atoms with Gasteiger partial charge in [-0.25, -0.2) is 13.7 Å². The normalized spacial score (nSPS) is 16.4. The van der Waals surface area contributed by atoms with Crippen LogP contribution in [0.3, 0.4) is 0 Å². The number of halogens is 5. The number of nitrogens with zero attached hydrogens (tertiary/aromatic N) is 2. The van der Waals surface area contributed by atoms with Crippen LogP contribution in [0.25, 0.3) is 0 Å². The predicted molar refractivity (Wildman–Crippen MR) is 110 cm³/mol. The van der Waals surface area contributed by atoms with Gasteiger partial charge >= 0.3 is 6.18 Å². The number of pyridine rings is 1. The van der Waals surface area contributed by atoms with E-state index in [1.807, 2.05) is 4.31 Å². The zero-order valence-electron chi connectivity index (χ0n) is 16.5. The summed E-state index contributed by atoms with van der Waals surface area (Å²) in [6, 6.07) is 3.84. The lowest BCUT2D eigenvalue weighted by molar-refractivity contribution is -0.154. The highest BCUT2D eigenvalue weighted by Gasteiger charge is 2.31. The van der Waals surface area contributed by atoms with E-state index in [0.29, 0.717) is 5.56 Å². The van der Waals surface area contributed by atoms with E-state index in [1.54, 1.807) is 0 Å². The third kappa shape index (κ3) is 5.76. The Balaban J connectivity index is 1.50. The fraction of sp³-hybridized carbons (Fsp3) is 0.400. The maximum absolute atomic E-state index is 14.7. The van der Waals surface area contributed by atoms with Gasteiger partial charge in [0.1, 0.15) is 22.3 Å². The summed E-state index contributed by atoms with van der Waals surface area (Å²) in [4.78, 5) is 16.2. The third-order valence-electron chi connectivity index (χ3n) is 4.83. The van der Waals surface area contributed by atoms with Gasteiger partial charge in [-0.2, -0.15) is 13.2 Å². The van der Waals surface area contributed by atoms with Gasteiger partial charge in [0.05, 0.1) is 11.8 Å². The second-order valence-electron chi connectivity index (χ2n) is 7.41. The lowest BCUT2D eigenvalue weighted by Crippen LogP contribution is -2.35. The summed E-state index contributed by atoms with van der Waals surface area (Å²) in [6.07, 6.45) is -0.595. The number of ether oxygens (including phenoxy) is 2. The first kappa shape index (κ1) is 22.9. The molecule has 0 spiro atoms. The molecule has 2 fully saturated rings. The molecule has 1 aliphatic heterocycles. The molecule has 172 valence electrons. The number of alkyl halides is 3. The van der Waals surface area contributed by atoms with E-state index in [2.05, 4.69) is 14.4 Å². The van der Waals surface area contributed by atoms with Gasteiger partial charge < -0.3 is 9.47 Å². The first-order chi connectivity index (χ1) is 15.2. The molecule has 2 aliphatic rings. The van der Waals surface area contributed by atoms with Crippen molar-refractivity contribution in [1.29, 1.82) is 0 Å². The van der Waals surface area contributed by atoms with Gasteiger partial charge in [0.2, 0.25) is 5.88 Å². The highest BCUT2D eigenvalue weighted by atomic mass is 35.5. The largest absolute Gasteiger partial charge is 0.467 e. The molecular formula is C20H18ClF4N3O3S. The van der Waals surface area contributed by atoms with Crippen LogP contribution in [-0.2, 0) is 0 Å². The summed E-state index contributed by atoms with van der Waals surface area (Å²) in [5.74, 6) is -1.27. The van der Waals surface area contributed by atoms with E-state index in [0.717, 1.165) is 56.7 Å². The summed E-state index contributed by atoms with van der Waals surface area (Å²) in [7, 11) is 0. The average Bonchev–Trinajstić information content (AvgIpc) is 3.50. The van der Waals surface area contributed by atoms with Crippen molar-refractivity contribution in [2.75, 3.05) is 19.7 Å². The fourth-order valence-electron chi connectivity index (χ4n) is 2.93. The van der Waals surface area contributed by atoms with E-state index >= 15 is 0 Å². The molecule has 1 N–H and O–H groups in total. The molecule has 12 heteroatoms. The van der Waals surface area contributed by atoms with Crippen LogP contribution < -0.4 is 14.2 Å². The molecule has 4 rings (SSSR count). The van der Waals surface area contributed by atoms with Crippen LogP contribution in [0.5, 0.6) is 17.4 Å². The second kappa shape index (κ2) is 9.32. The standard InChI is InChI=1S/C20H18ClF4N3O3S/c21-15-6-12(9-26-19(15)30-10-20(23,24)25)31-17-8-16(22)14(7-13(17)11-2-3-11)18(29)27-32-28-4-1-5-28/h6-9,11H,1-5,10H2,(H,27,29). The molecule has 1 amide bonds. The number of rotatable bonds is 8. The fourth-order valence-corrected chi connectivity index (χ4v) is 3.91. The van der Waals surface area contributed by atoms with E-state index in [4.69, 9.17) is 16.3 Å². The summed E-state index contributed by atoms with van der Waals surface area (Å²) in [5, 5.41) is -0.181. The molecule has 1 saturated carbocycles. The van der Waals surface area contributed by atoms with Crippen LogP contribution in [0.15, 0.2) is 24.4 Å². The van der Waals surface area contributed by atoms with Crippen molar-refractivity contribution in [2.24, 2.45) is 0 Å². The summed E-state index contributed by atoms with van der Waals surface area (Å²) in [5.41, 5.74) is 0.582. The average molecular weight is 492 g/mol. The van der Waals surface area contributed by atoms with Gasteiger partial charge in [0.15, 0.2) is 6.61 Å². The summed E-state index contributed by atoms with van der Waals surface area (Å²) < 4.78 is 66.5. The van der Waals surface area contributed by atoms with Crippen molar-refractivity contribution >= 4 is 29.6 Å². The molecular weight excluding hydrogens is 474 g/mol. The number of carbonyl (C=O) groups excluding carboxylic acids is 1. The molecule has 0 bridgehead atoms. The van der Waals surface area contributed by atoms with Gasteiger partial charge in [-0.15, -0.1) is 0 Å². The number of hydrogen-bond donors (Lipinski definition) is 1. The van der Waals surface area contributed by atoms with E-state index in [1.165, 1.54) is 12.1 Å². The van der Waals surface area contributed by atoms with E-state index < -0.39 is 30.4 Å². The topological polar surface area (TPSA) is 63.7 Å². The van der Waals surface area contributed by atoms with Gasteiger partial charge in [-0.3, -0.25) is 9.52 Å². The molecule has 32 heavy (non-hydrogen) atoms. The quantitative estimate of drug-likeness (QED) is 0.389. The van der Waals surface area contributed by atoms with Crippen LogP contribution in [0.1, 0.15) is 41.1 Å². The summed E-state index contributed by atoms with van der Waals surface area (Å²) in [6.45, 7) is 0.199. The molecule has 1 aliphatic carbocycles. The number of hydrogen-bond acceptors (Lipinski definition) is 6. The van der Waals surface area contributed by atoms with Crippen LogP contribution >= 0.6 is 23.7 Å². The number of carbonyl (C=O) groups is 1. The molecule has 1 aromatic carbocycles. The van der Waals surface area contributed by atoms with Crippen molar-refractivity contribution in [2.45, 2.75) is 31.4 Å². The molecule has 6 nitrogen and oxygen atoms in total. The maximum Gasteiger partial charge on any atom is 0.422 e. The van der Waals surface area contributed by atoms with Crippen LogP contribution in [0.2, 0.25) is 5.02 Å². The Morgan fingerprint density at radius 3 is 2.62 bits per heavy atom. The Kier molecular flexibility index (Phi) is 6.68. The number of aromatic nitrogens is 1. The van der Waals surface area contributed by atoms with Crippen molar-refractivity contribution < 1.29 is 31.8 Å². The second-order valence-corrected chi connectivity index (χ2v) is 8.72. The minimum Gasteiger partial charge on any atom is -0.467 e. The summed E-state index contributed by atoms with van der Waals surface area (Å²) >= 11 is 7.10. The lowest BCUT2D eigenvalue weighted by Gasteiger charge is -2.28. The smallest absolute Gasteiger partial charge is 0.422 e. The third-order valence-corrected chi connectivity index (χ3v) is 6.00. The van der Waals surface area contributed by atoms with Gasteiger partial charge in [-0.1, -0.05) is 11.6 Å². The molecule has 1 aromatic heterocycles. The zero-order valence-corrected chi connectivity index (χ0v) is 18.1. The van der Waals surface area contributed by atoms with E-state index in [-0.39, 0.29) is 28.0 Å². The van der Waals surface area contributed by atoms with Gasteiger partial charge in [0, 0.05) is 37.4 Å². The Morgan fingerprint density at radius 2 is 2.03 bits per heavy atom. The van der Waals surface area contributed by atoms with Gasteiger partial charge in [0.25, 0.3) is 5.91 Å². The minimum atomic E-state index is -4.53. The SMILES string of the molecule is O=C(NSN1CCC1)c1cc(C2CC2)c(Oc2cnc(OCC(F)(F)F)c(Cl)c2)cc1F. The molecule has 2 heterocycles. The zero-order chi connectivity index (χ0) is 22.9. The molecule has 0 radical (unpaired) electrons. The molecule has 0 atom stereocenters. The highest BCUT2D eigenvalue weighted by molar-refractivity contribution is 7.95. The van der Waals surface area contributed by atoms with Crippen molar-refractivity contribution in [3.05, 3.63) is 46.4 Å². The molecule has 2 aromatic rings. The lowest BCUT2D eigenvalue weighted by atomic mass is 10.0. The van der Waals surface area contributed by atoms with Crippen molar-refractivity contribution in [3.8, 4) is 17.4 Å². The Morgan fingerprint density at radius 1 is 1.28 bits per heavy atom. The Hall–Kier alpha value is -2.24. The number of benzene rings is 1. The van der Waals surface area contributed by atoms with E-state index in [9.17, 15) is 22.4 Å². The Bertz CT molecular complexity index is 1020. The number of amides is 1. The van der Waals surface area contributed by atoms with Crippen LogP contribution in [0, 0.1) is 5.82 Å². The van der Waals surface area contributed by atoms with Crippen LogP contribution in [0.4, 0.5) is 17.6 Å². The van der Waals surface area contributed by atoms with Gasteiger partial charge in [-0.05, 0) is 36.8 Å². The first-order valence-electron chi connectivity index (χ1n) is 9.78. The predicted octanol–water partition coefficient (Wildman–Crippen LogP) is 5.48. The molecule has 0 unspecified atom stereocenters. The number of nitrogens with one attached hydrogen (secondary N) is 1.